The molecule has 3 rings (SSSR count). The molecule has 0 unspecified atom stereocenters. The molecule has 1 saturated heterocycles. The Morgan fingerprint density at radius 2 is 2.16 bits per heavy atom. The van der Waals surface area contributed by atoms with E-state index >= 15 is 0 Å². The molecular formula is C12H11ClF3N3. The van der Waals surface area contributed by atoms with Gasteiger partial charge in [-0.3, -0.25) is 4.90 Å². The maximum Gasteiger partial charge on any atom is 0.394 e. The summed E-state index contributed by atoms with van der Waals surface area (Å²) in [6.45, 7) is 0.556. The number of aromatic amines is 1. The third-order valence-electron chi connectivity index (χ3n) is 3.42. The standard InChI is InChI=1S/C12H11ClF3N3/c13-9-1-2-17-11-10(9)7(3-18-11)4-19-5-8(6-19)12(14,15)16/h1-3,8H,4-6H2,(H,17,18). The number of hydrogen-bond donors (Lipinski definition) is 1. The third kappa shape index (κ3) is 2.30. The van der Waals surface area contributed by atoms with Crippen LogP contribution < -0.4 is 0 Å². The Bertz CT molecular complexity index is 602. The van der Waals surface area contributed by atoms with Crippen LogP contribution in [-0.2, 0) is 6.54 Å². The second-order valence-electron chi connectivity index (χ2n) is 4.76. The Morgan fingerprint density at radius 3 is 2.84 bits per heavy atom. The van der Waals surface area contributed by atoms with Crippen LogP contribution >= 0.6 is 11.6 Å². The zero-order chi connectivity index (χ0) is 13.6. The van der Waals surface area contributed by atoms with Crippen molar-refractivity contribution in [2.45, 2.75) is 12.7 Å². The summed E-state index contributed by atoms with van der Waals surface area (Å²) in [5.74, 6) is -1.20. The van der Waals surface area contributed by atoms with Crippen molar-refractivity contribution < 1.29 is 13.2 Å². The molecule has 1 N–H and O–H groups in total. The van der Waals surface area contributed by atoms with Crippen LogP contribution in [0.2, 0.25) is 5.02 Å². The number of halogens is 4. The minimum Gasteiger partial charge on any atom is -0.346 e. The molecule has 3 heterocycles. The normalized spacial score (nSPS) is 17.9. The number of fused-ring (bicyclic) bond motifs is 1. The average molecular weight is 290 g/mol. The molecule has 0 bridgehead atoms. The lowest BCUT2D eigenvalue weighted by Crippen LogP contribution is -2.52. The molecular weight excluding hydrogens is 279 g/mol. The van der Waals surface area contributed by atoms with E-state index in [-0.39, 0.29) is 13.1 Å². The highest BCUT2D eigenvalue weighted by Crippen LogP contribution is 2.35. The van der Waals surface area contributed by atoms with Crippen LogP contribution in [0.4, 0.5) is 13.2 Å². The molecule has 7 heteroatoms. The van der Waals surface area contributed by atoms with Crippen LogP contribution in [0.25, 0.3) is 11.0 Å². The maximum atomic E-state index is 12.4. The van der Waals surface area contributed by atoms with Crippen LogP contribution in [0.1, 0.15) is 5.56 Å². The van der Waals surface area contributed by atoms with Crippen molar-refractivity contribution in [2.75, 3.05) is 13.1 Å². The molecule has 2 aromatic heterocycles. The van der Waals surface area contributed by atoms with Crippen LogP contribution in [0, 0.1) is 5.92 Å². The molecule has 1 fully saturated rings. The summed E-state index contributed by atoms with van der Waals surface area (Å²) in [6.07, 6.45) is -0.741. The van der Waals surface area contributed by atoms with Gasteiger partial charge in [-0.25, -0.2) is 4.98 Å². The molecule has 0 amide bonds. The largest absolute Gasteiger partial charge is 0.394 e. The Morgan fingerprint density at radius 1 is 1.42 bits per heavy atom. The van der Waals surface area contributed by atoms with Crippen molar-refractivity contribution in [3.63, 3.8) is 0 Å². The molecule has 0 saturated carbocycles. The van der Waals surface area contributed by atoms with Gasteiger partial charge >= 0.3 is 6.18 Å². The molecule has 1 aliphatic heterocycles. The molecule has 1 aliphatic rings. The number of rotatable bonds is 2. The summed E-state index contributed by atoms with van der Waals surface area (Å²) in [7, 11) is 0. The molecule has 0 atom stereocenters. The molecule has 0 aliphatic carbocycles. The van der Waals surface area contributed by atoms with E-state index in [0.717, 1.165) is 10.9 Å². The van der Waals surface area contributed by atoms with E-state index in [4.69, 9.17) is 11.6 Å². The van der Waals surface area contributed by atoms with Gasteiger partial charge in [0.2, 0.25) is 0 Å². The fraction of sp³-hybridized carbons (Fsp3) is 0.417. The highest BCUT2D eigenvalue weighted by molar-refractivity contribution is 6.35. The topological polar surface area (TPSA) is 31.9 Å². The van der Waals surface area contributed by atoms with Crippen LogP contribution in [-0.4, -0.2) is 34.1 Å². The quantitative estimate of drug-likeness (QED) is 0.920. The number of pyridine rings is 1. The predicted molar refractivity (Wildman–Crippen MR) is 65.9 cm³/mol. The van der Waals surface area contributed by atoms with Gasteiger partial charge in [0.15, 0.2) is 0 Å². The van der Waals surface area contributed by atoms with Gasteiger partial charge in [-0.1, -0.05) is 11.6 Å². The Balaban J connectivity index is 1.74. The first-order valence-corrected chi connectivity index (χ1v) is 6.22. The van der Waals surface area contributed by atoms with Crippen LogP contribution in [0.3, 0.4) is 0 Å². The number of H-pyrrole nitrogens is 1. The maximum absolute atomic E-state index is 12.4. The van der Waals surface area contributed by atoms with E-state index in [1.807, 2.05) is 0 Å². The van der Waals surface area contributed by atoms with Crippen molar-refractivity contribution in [3.8, 4) is 0 Å². The average Bonchev–Trinajstić information content (AvgIpc) is 2.65. The predicted octanol–water partition coefficient (Wildman–Crippen LogP) is 3.21. The number of nitrogens with one attached hydrogen (secondary N) is 1. The molecule has 0 aromatic carbocycles. The Hall–Kier alpha value is -1.27. The lowest BCUT2D eigenvalue weighted by atomic mass is 9.99. The van der Waals surface area contributed by atoms with Crippen molar-refractivity contribution in [2.24, 2.45) is 5.92 Å². The van der Waals surface area contributed by atoms with E-state index in [9.17, 15) is 13.2 Å². The minimum absolute atomic E-state index is 0.0497. The highest BCUT2D eigenvalue weighted by atomic mass is 35.5. The number of nitrogens with zero attached hydrogens (tertiary/aromatic N) is 2. The lowest BCUT2D eigenvalue weighted by Gasteiger charge is -2.40. The monoisotopic (exact) mass is 289 g/mol. The summed E-state index contributed by atoms with van der Waals surface area (Å²) in [6, 6.07) is 1.68. The smallest absolute Gasteiger partial charge is 0.346 e. The van der Waals surface area contributed by atoms with E-state index in [0.29, 0.717) is 17.2 Å². The van der Waals surface area contributed by atoms with Crippen molar-refractivity contribution in [3.05, 3.63) is 29.0 Å². The first-order valence-electron chi connectivity index (χ1n) is 5.84. The lowest BCUT2D eigenvalue weighted by molar-refractivity contribution is -0.210. The van der Waals surface area contributed by atoms with Crippen molar-refractivity contribution in [1.29, 1.82) is 0 Å². The summed E-state index contributed by atoms with van der Waals surface area (Å²) in [5, 5.41) is 1.36. The van der Waals surface area contributed by atoms with Gasteiger partial charge < -0.3 is 4.98 Å². The van der Waals surface area contributed by atoms with Gasteiger partial charge in [0, 0.05) is 37.4 Å². The Labute approximate surface area is 112 Å². The molecule has 0 spiro atoms. The molecule has 19 heavy (non-hydrogen) atoms. The van der Waals surface area contributed by atoms with Crippen molar-refractivity contribution in [1.82, 2.24) is 14.9 Å². The second kappa shape index (κ2) is 4.38. The summed E-state index contributed by atoms with van der Waals surface area (Å²) < 4.78 is 37.2. The number of hydrogen-bond acceptors (Lipinski definition) is 2. The molecule has 0 radical (unpaired) electrons. The molecule has 2 aromatic rings. The summed E-state index contributed by atoms with van der Waals surface area (Å²) in [5.41, 5.74) is 1.55. The zero-order valence-electron chi connectivity index (χ0n) is 9.84. The number of likely N-dealkylation sites (tertiary alicyclic amines) is 1. The fourth-order valence-corrected chi connectivity index (χ4v) is 2.62. The number of alkyl halides is 3. The Kier molecular flexibility index (Phi) is 2.94. The fourth-order valence-electron chi connectivity index (χ4n) is 2.35. The molecule has 102 valence electrons. The van der Waals surface area contributed by atoms with Gasteiger partial charge in [0.1, 0.15) is 5.65 Å². The first-order chi connectivity index (χ1) is 8.95. The number of aromatic nitrogens is 2. The first kappa shape index (κ1) is 12.7. The van der Waals surface area contributed by atoms with Gasteiger partial charge in [-0.2, -0.15) is 13.2 Å². The van der Waals surface area contributed by atoms with Gasteiger partial charge in [0.25, 0.3) is 0 Å². The minimum atomic E-state index is -4.09. The second-order valence-corrected chi connectivity index (χ2v) is 5.17. The van der Waals surface area contributed by atoms with Crippen LogP contribution in [0.15, 0.2) is 18.5 Å². The van der Waals surface area contributed by atoms with Gasteiger partial charge in [0.05, 0.1) is 10.9 Å². The SMILES string of the molecule is FC(F)(F)C1CN(Cc2c[nH]c3nccc(Cl)c23)C1. The summed E-state index contributed by atoms with van der Waals surface area (Å²) >= 11 is 6.09. The molecule has 3 nitrogen and oxygen atoms in total. The van der Waals surface area contributed by atoms with Gasteiger partial charge in [-0.05, 0) is 11.6 Å². The summed E-state index contributed by atoms with van der Waals surface area (Å²) in [4.78, 5) is 8.86. The zero-order valence-corrected chi connectivity index (χ0v) is 10.6. The van der Waals surface area contributed by atoms with Crippen molar-refractivity contribution >= 4 is 22.6 Å². The van der Waals surface area contributed by atoms with E-state index < -0.39 is 12.1 Å². The highest BCUT2D eigenvalue weighted by Gasteiger charge is 2.46. The van der Waals surface area contributed by atoms with E-state index in [2.05, 4.69) is 9.97 Å². The van der Waals surface area contributed by atoms with E-state index in [1.165, 1.54) is 0 Å². The van der Waals surface area contributed by atoms with Gasteiger partial charge in [-0.15, -0.1) is 0 Å². The van der Waals surface area contributed by atoms with Crippen LogP contribution in [0.5, 0.6) is 0 Å². The third-order valence-corrected chi connectivity index (χ3v) is 3.73. The van der Waals surface area contributed by atoms with E-state index in [1.54, 1.807) is 23.4 Å².